The minimum absolute atomic E-state index is 0.0477. The van der Waals surface area contributed by atoms with E-state index in [0.29, 0.717) is 28.6 Å². The molecule has 0 saturated carbocycles. The Kier molecular flexibility index (Phi) is 5.62. The number of aryl methyl sites for hydroxylation is 1. The van der Waals surface area contributed by atoms with Gasteiger partial charge < -0.3 is 14.5 Å². The topological polar surface area (TPSA) is 81.4 Å². The average molecular weight is 344 g/mol. The molecule has 2 rings (SSSR count). The van der Waals surface area contributed by atoms with E-state index in [-0.39, 0.29) is 24.3 Å². The zero-order chi connectivity index (χ0) is 18.6. The Morgan fingerprint density at radius 1 is 1.24 bits per heavy atom. The van der Waals surface area contributed by atoms with Crippen molar-refractivity contribution in [3.63, 3.8) is 0 Å². The lowest BCUT2D eigenvalue weighted by Crippen LogP contribution is -2.17. The Morgan fingerprint density at radius 2 is 1.92 bits per heavy atom. The van der Waals surface area contributed by atoms with Crippen LogP contribution in [-0.4, -0.2) is 23.5 Å². The fourth-order valence-corrected chi connectivity index (χ4v) is 2.23. The number of rotatable bonds is 5. The number of esters is 1. The highest BCUT2D eigenvalue weighted by Crippen LogP contribution is 2.24. The molecule has 0 aliphatic heterocycles. The summed E-state index contributed by atoms with van der Waals surface area (Å²) in [6, 6.07) is 6.75. The second-order valence-electron chi connectivity index (χ2n) is 6.77. The number of oxazole rings is 1. The molecule has 2 aromatic rings. The minimum Gasteiger partial charge on any atom is -0.462 e. The number of amides is 1. The van der Waals surface area contributed by atoms with Gasteiger partial charge in [-0.1, -0.05) is 32.9 Å². The zero-order valence-electron chi connectivity index (χ0n) is 15.3. The lowest BCUT2D eigenvalue weighted by atomic mass is 9.97. The Labute approximate surface area is 147 Å². The van der Waals surface area contributed by atoms with Gasteiger partial charge in [-0.3, -0.25) is 4.79 Å². The number of nitrogens with zero attached hydrogens (tertiary/aromatic N) is 1. The predicted octanol–water partition coefficient (Wildman–Crippen LogP) is 3.64. The number of ether oxygens (including phenoxy) is 1. The van der Waals surface area contributed by atoms with Gasteiger partial charge in [0.1, 0.15) is 5.76 Å². The summed E-state index contributed by atoms with van der Waals surface area (Å²) < 4.78 is 10.7. The fourth-order valence-electron chi connectivity index (χ4n) is 2.23. The van der Waals surface area contributed by atoms with Crippen LogP contribution in [0.1, 0.15) is 55.4 Å². The van der Waals surface area contributed by atoms with Gasteiger partial charge in [-0.05, 0) is 26.0 Å². The van der Waals surface area contributed by atoms with E-state index in [0.717, 1.165) is 0 Å². The first-order valence-corrected chi connectivity index (χ1v) is 8.25. The normalized spacial score (nSPS) is 11.2. The summed E-state index contributed by atoms with van der Waals surface area (Å²) in [5, 5.41) is 2.75. The zero-order valence-corrected chi connectivity index (χ0v) is 15.3. The number of carbonyl (C=O) groups excluding carboxylic acids is 2. The molecule has 0 atom stereocenters. The van der Waals surface area contributed by atoms with E-state index in [4.69, 9.17) is 9.15 Å². The van der Waals surface area contributed by atoms with Gasteiger partial charge in [0.15, 0.2) is 5.89 Å². The summed E-state index contributed by atoms with van der Waals surface area (Å²) in [5.74, 6) is 0.372. The molecule has 6 nitrogen and oxygen atoms in total. The van der Waals surface area contributed by atoms with E-state index >= 15 is 0 Å². The van der Waals surface area contributed by atoms with E-state index in [1.54, 1.807) is 31.2 Å². The van der Waals surface area contributed by atoms with Crippen molar-refractivity contribution in [3.8, 4) is 0 Å². The third-order valence-corrected chi connectivity index (χ3v) is 3.55. The van der Waals surface area contributed by atoms with Gasteiger partial charge in [0, 0.05) is 5.41 Å². The maximum atomic E-state index is 12.4. The van der Waals surface area contributed by atoms with Crippen LogP contribution in [0.15, 0.2) is 28.7 Å². The molecule has 25 heavy (non-hydrogen) atoms. The first-order chi connectivity index (χ1) is 11.7. The van der Waals surface area contributed by atoms with Gasteiger partial charge in [0.05, 0.1) is 30.0 Å². The van der Waals surface area contributed by atoms with Crippen LogP contribution in [0.3, 0.4) is 0 Å². The van der Waals surface area contributed by atoms with Crippen LogP contribution in [0.2, 0.25) is 0 Å². The molecule has 134 valence electrons. The summed E-state index contributed by atoms with van der Waals surface area (Å²) in [6.45, 7) is 9.81. The molecule has 1 amide bonds. The number of para-hydroxylation sites is 1. The Morgan fingerprint density at radius 3 is 2.52 bits per heavy atom. The fraction of sp³-hybridized carbons (Fsp3) is 0.421. The Bertz CT molecular complexity index is 772. The van der Waals surface area contributed by atoms with E-state index in [9.17, 15) is 9.59 Å². The number of nitrogens with one attached hydrogen (secondary N) is 1. The van der Waals surface area contributed by atoms with Crippen molar-refractivity contribution in [2.45, 2.75) is 46.5 Å². The molecule has 6 heteroatoms. The highest BCUT2D eigenvalue weighted by molar-refractivity contribution is 6.01. The first-order valence-electron chi connectivity index (χ1n) is 8.25. The molecule has 0 spiro atoms. The molecule has 1 aromatic carbocycles. The number of aromatic nitrogens is 1. The molecule has 0 aliphatic rings. The van der Waals surface area contributed by atoms with E-state index in [2.05, 4.69) is 10.3 Å². The van der Waals surface area contributed by atoms with Crippen LogP contribution in [0.4, 0.5) is 5.69 Å². The lowest BCUT2D eigenvalue weighted by molar-refractivity contribution is -0.115. The molecule has 1 N–H and O–H groups in total. The average Bonchev–Trinajstić information content (AvgIpc) is 2.89. The summed E-state index contributed by atoms with van der Waals surface area (Å²) in [6.07, 6.45) is 0.0477. The van der Waals surface area contributed by atoms with Crippen molar-refractivity contribution >= 4 is 17.6 Å². The molecule has 1 aromatic heterocycles. The molecular weight excluding hydrogens is 320 g/mol. The van der Waals surface area contributed by atoms with Crippen LogP contribution in [0.25, 0.3) is 0 Å². The number of hydrogen-bond donors (Lipinski definition) is 1. The van der Waals surface area contributed by atoms with Crippen LogP contribution < -0.4 is 5.32 Å². The number of hydrogen-bond acceptors (Lipinski definition) is 5. The van der Waals surface area contributed by atoms with Gasteiger partial charge in [-0.2, -0.15) is 0 Å². The quantitative estimate of drug-likeness (QED) is 0.838. The smallest absolute Gasteiger partial charge is 0.340 e. The van der Waals surface area contributed by atoms with Crippen molar-refractivity contribution in [2.24, 2.45) is 0 Å². The molecule has 0 fully saturated rings. The van der Waals surface area contributed by atoms with Gasteiger partial charge in [-0.25, -0.2) is 9.78 Å². The highest BCUT2D eigenvalue weighted by atomic mass is 16.5. The SMILES string of the molecule is CCOC(=O)c1ccccc1NC(=O)Cc1oc(C(C)(C)C)nc1C. The standard InChI is InChI=1S/C19H24N2O4/c1-6-24-17(23)13-9-7-8-10-14(13)21-16(22)11-15-12(2)20-18(25-15)19(3,4)5/h7-10H,6,11H2,1-5H3,(H,21,22). The molecule has 0 radical (unpaired) electrons. The second-order valence-corrected chi connectivity index (χ2v) is 6.77. The van der Waals surface area contributed by atoms with Crippen LogP contribution >= 0.6 is 0 Å². The summed E-state index contributed by atoms with van der Waals surface area (Å²) in [5.41, 5.74) is 1.20. The van der Waals surface area contributed by atoms with Crippen LogP contribution in [0.5, 0.6) is 0 Å². The minimum atomic E-state index is -0.468. The third-order valence-electron chi connectivity index (χ3n) is 3.55. The number of carbonyl (C=O) groups is 2. The summed E-state index contributed by atoms with van der Waals surface area (Å²) in [4.78, 5) is 28.7. The van der Waals surface area contributed by atoms with E-state index in [1.165, 1.54) is 0 Å². The van der Waals surface area contributed by atoms with Gasteiger partial charge >= 0.3 is 5.97 Å². The van der Waals surface area contributed by atoms with Crippen LogP contribution in [-0.2, 0) is 21.4 Å². The molecule has 0 bridgehead atoms. The Balaban J connectivity index is 2.14. The maximum absolute atomic E-state index is 12.4. The summed E-state index contributed by atoms with van der Waals surface area (Å²) in [7, 11) is 0. The molecule has 0 saturated heterocycles. The van der Waals surface area contributed by atoms with Crippen LogP contribution in [0, 0.1) is 6.92 Å². The first kappa shape index (κ1) is 18.7. The Hall–Kier alpha value is -2.63. The van der Waals surface area contributed by atoms with E-state index in [1.807, 2.05) is 27.7 Å². The predicted molar refractivity (Wildman–Crippen MR) is 94.7 cm³/mol. The summed E-state index contributed by atoms with van der Waals surface area (Å²) >= 11 is 0. The lowest BCUT2D eigenvalue weighted by Gasteiger charge is -2.12. The van der Waals surface area contributed by atoms with Crippen molar-refractivity contribution < 1.29 is 18.7 Å². The second kappa shape index (κ2) is 7.51. The highest BCUT2D eigenvalue weighted by Gasteiger charge is 2.23. The van der Waals surface area contributed by atoms with Gasteiger partial charge in [-0.15, -0.1) is 0 Å². The number of benzene rings is 1. The molecule has 0 aliphatic carbocycles. The van der Waals surface area contributed by atoms with Crippen molar-refractivity contribution in [3.05, 3.63) is 47.2 Å². The molecule has 0 unspecified atom stereocenters. The third kappa shape index (κ3) is 4.68. The van der Waals surface area contributed by atoms with Crippen molar-refractivity contribution in [2.75, 3.05) is 11.9 Å². The molecular formula is C19H24N2O4. The van der Waals surface area contributed by atoms with Crippen molar-refractivity contribution in [1.29, 1.82) is 0 Å². The van der Waals surface area contributed by atoms with Crippen molar-refractivity contribution in [1.82, 2.24) is 4.98 Å². The molecule has 1 heterocycles. The number of anilines is 1. The van der Waals surface area contributed by atoms with Gasteiger partial charge in [0.25, 0.3) is 0 Å². The van der Waals surface area contributed by atoms with Gasteiger partial charge in [0.2, 0.25) is 5.91 Å². The monoisotopic (exact) mass is 344 g/mol. The maximum Gasteiger partial charge on any atom is 0.340 e. The van der Waals surface area contributed by atoms with E-state index < -0.39 is 5.97 Å². The largest absolute Gasteiger partial charge is 0.462 e.